The number of thiocarbonyl (C=S) groups is 1. The number of hydrogen-bond acceptors (Lipinski definition) is 7. The van der Waals surface area contributed by atoms with Crippen LogP contribution < -0.4 is 10.7 Å². The van der Waals surface area contributed by atoms with Crippen LogP contribution in [-0.2, 0) is 20.9 Å². The largest absolute Gasteiger partial charge is 0.462 e. The number of nitrogens with one attached hydrogen (secondary N) is 2. The Morgan fingerprint density at radius 1 is 1.03 bits per heavy atom. The maximum absolute atomic E-state index is 13.4. The van der Waals surface area contributed by atoms with E-state index in [0.29, 0.717) is 16.1 Å². The molecule has 2 N–H and O–H groups in total. The predicted octanol–water partition coefficient (Wildman–Crippen LogP) is 3.60. The summed E-state index contributed by atoms with van der Waals surface area (Å²) >= 11 is 6.80. The van der Waals surface area contributed by atoms with Crippen molar-refractivity contribution in [2.75, 3.05) is 11.9 Å². The van der Waals surface area contributed by atoms with E-state index in [1.807, 2.05) is 30.3 Å². The van der Waals surface area contributed by atoms with Gasteiger partial charge in [0.1, 0.15) is 6.04 Å². The van der Waals surface area contributed by atoms with Gasteiger partial charge >= 0.3 is 5.97 Å². The fourth-order valence-corrected chi connectivity index (χ4v) is 4.67. The minimum atomic E-state index is -1.03. The summed E-state index contributed by atoms with van der Waals surface area (Å²) in [6.07, 6.45) is -0.255. The van der Waals surface area contributed by atoms with E-state index in [1.165, 1.54) is 21.2 Å². The smallest absolute Gasteiger partial charge is 0.338 e. The van der Waals surface area contributed by atoms with Crippen LogP contribution in [0, 0.1) is 0 Å². The number of anilines is 1. The van der Waals surface area contributed by atoms with Gasteiger partial charge in [0.2, 0.25) is 5.91 Å². The van der Waals surface area contributed by atoms with E-state index in [0.717, 1.165) is 5.56 Å². The molecule has 190 valence electrons. The van der Waals surface area contributed by atoms with Crippen molar-refractivity contribution in [2.45, 2.75) is 25.9 Å². The standard InChI is InChI=1S/C26H24N4O5S2/c1-2-35-25(34)18-10-12-19(13-11-18)27-22(31)15-20-24(33)29(16-17-7-4-3-5-8-17)26(36)30(20)28-23(32)21-9-6-14-37-21/h3-14,20H,2,15-16H2,1H3,(H,27,31)(H,28,32)/t20-/m1/s1. The summed E-state index contributed by atoms with van der Waals surface area (Å²) in [5.41, 5.74) is 4.36. The molecule has 9 nitrogen and oxygen atoms in total. The predicted molar refractivity (Wildman–Crippen MR) is 143 cm³/mol. The third-order valence-corrected chi connectivity index (χ3v) is 6.79. The molecule has 1 saturated heterocycles. The first-order chi connectivity index (χ1) is 17.9. The Morgan fingerprint density at radius 3 is 2.41 bits per heavy atom. The van der Waals surface area contributed by atoms with Crippen LogP contribution in [0.1, 0.15) is 38.9 Å². The Balaban J connectivity index is 1.49. The van der Waals surface area contributed by atoms with Crippen LogP contribution in [-0.4, -0.2) is 51.4 Å². The van der Waals surface area contributed by atoms with Gasteiger partial charge in [0.15, 0.2) is 5.11 Å². The summed E-state index contributed by atoms with van der Waals surface area (Å²) in [7, 11) is 0. The van der Waals surface area contributed by atoms with Crippen LogP contribution in [0.4, 0.5) is 5.69 Å². The zero-order valence-electron chi connectivity index (χ0n) is 19.9. The van der Waals surface area contributed by atoms with Crippen LogP contribution in [0.25, 0.3) is 0 Å². The summed E-state index contributed by atoms with van der Waals surface area (Å²) in [5, 5.41) is 5.88. The summed E-state index contributed by atoms with van der Waals surface area (Å²) in [5.74, 6) is -1.73. The molecule has 0 spiro atoms. The molecular formula is C26H24N4O5S2. The lowest BCUT2D eigenvalue weighted by Crippen LogP contribution is -2.49. The number of esters is 1. The van der Waals surface area contributed by atoms with Crippen LogP contribution in [0.15, 0.2) is 72.1 Å². The zero-order valence-corrected chi connectivity index (χ0v) is 21.5. The lowest BCUT2D eigenvalue weighted by atomic mass is 10.1. The number of carbonyl (C=O) groups is 4. The molecule has 2 heterocycles. The Morgan fingerprint density at radius 2 is 1.76 bits per heavy atom. The summed E-state index contributed by atoms with van der Waals surface area (Å²) in [6, 6.07) is 17.9. The fraction of sp³-hybridized carbons (Fsp3) is 0.192. The number of hydrazine groups is 1. The minimum Gasteiger partial charge on any atom is -0.462 e. The molecule has 37 heavy (non-hydrogen) atoms. The quantitative estimate of drug-likeness (QED) is 0.318. The Kier molecular flexibility index (Phi) is 8.26. The normalized spacial score (nSPS) is 15.0. The molecule has 1 fully saturated rings. The number of carbonyl (C=O) groups excluding carboxylic acids is 4. The number of rotatable bonds is 9. The van der Waals surface area contributed by atoms with E-state index in [-0.39, 0.29) is 24.7 Å². The van der Waals surface area contributed by atoms with Gasteiger partial charge in [-0.15, -0.1) is 11.3 Å². The highest BCUT2D eigenvalue weighted by Crippen LogP contribution is 2.23. The molecule has 0 radical (unpaired) electrons. The average molecular weight is 537 g/mol. The molecule has 3 amide bonds. The van der Waals surface area contributed by atoms with E-state index < -0.39 is 29.7 Å². The van der Waals surface area contributed by atoms with E-state index in [4.69, 9.17) is 17.0 Å². The van der Waals surface area contributed by atoms with E-state index in [9.17, 15) is 19.2 Å². The summed E-state index contributed by atoms with van der Waals surface area (Å²) in [4.78, 5) is 52.7. The van der Waals surface area contributed by atoms with E-state index >= 15 is 0 Å². The lowest BCUT2D eigenvalue weighted by Gasteiger charge is -2.24. The molecular weight excluding hydrogens is 512 g/mol. The fourth-order valence-electron chi connectivity index (χ4n) is 3.73. The third kappa shape index (κ3) is 6.19. The van der Waals surface area contributed by atoms with Crippen molar-refractivity contribution >= 4 is 58.0 Å². The number of thiophene rings is 1. The molecule has 11 heteroatoms. The summed E-state index contributed by atoms with van der Waals surface area (Å²) in [6.45, 7) is 2.18. The van der Waals surface area contributed by atoms with Crippen LogP contribution in [0.3, 0.4) is 0 Å². The zero-order chi connectivity index (χ0) is 26.4. The second-order valence-electron chi connectivity index (χ2n) is 8.05. The van der Waals surface area contributed by atoms with Crippen LogP contribution in [0.5, 0.6) is 0 Å². The highest BCUT2D eigenvalue weighted by Gasteiger charge is 2.44. The number of nitrogens with zero attached hydrogens (tertiary/aromatic N) is 2. The maximum atomic E-state index is 13.4. The molecule has 0 unspecified atom stereocenters. The van der Waals surface area contributed by atoms with Crippen molar-refractivity contribution in [3.05, 3.63) is 88.1 Å². The Labute approximate surface area is 223 Å². The van der Waals surface area contributed by atoms with Gasteiger partial charge in [-0.1, -0.05) is 36.4 Å². The van der Waals surface area contributed by atoms with Gasteiger partial charge in [0, 0.05) is 5.69 Å². The minimum absolute atomic E-state index is 0.107. The van der Waals surface area contributed by atoms with Crippen molar-refractivity contribution in [1.82, 2.24) is 15.3 Å². The number of amides is 3. The van der Waals surface area contributed by atoms with E-state index in [1.54, 1.807) is 48.7 Å². The van der Waals surface area contributed by atoms with Crippen molar-refractivity contribution in [3.63, 3.8) is 0 Å². The van der Waals surface area contributed by atoms with Crippen molar-refractivity contribution in [1.29, 1.82) is 0 Å². The van der Waals surface area contributed by atoms with Crippen LogP contribution >= 0.6 is 23.6 Å². The highest BCUT2D eigenvalue weighted by molar-refractivity contribution is 7.80. The first-order valence-corrected chi connectivity index (χ1v) is 12.8. The number of hydrogen-bond donors (Lipinski definition) is 2. The van der Waals surface area contributed by atoms with Crippen LogP contribution in [0.2, 0.25) is 0 Å². The first kappa shape index (κ1) is 26.0. The van der Waals surface area contributed by atoms with Gasteiger partial charge in [0.25, 0.3) is 11.8 Å². The second-order valence-corrected chi connectivity index (χ2v) is 9.36. The van der Waals surface area contributed by atoms with Gasteiger partial charge in [-0.25, -0.2) is 9.80 Å². The Hall–Kier alpha value is -4.09. The molecule has 1 aliphatic rings. The Bertz CT molecular complexity index is 1300. The van der Waals surface area contributed by atoms with Gasteiger partial charge in [-0.05, 0) is 60.4 Å². The van der Waals surface area contributed by atoms with Gasteiger partial charge in [-0.2, -0.15) is 0 Å². The molecule has 1 atom stereocenters. The van der Waals surface area contributed by atoms with Gasteiger partial charge in [-0.3, -0.25) is 24.7 Å². The van der Waals surface area contributed by atoms with Gasteiger partial charge < -0.3 is 10.1 Å². The summed E-state index contributed by atoms with van der Waals surface area (Å²) < 4.78 is 4.96. The second kappa shape index (κ2) is 11.8. The molecule has 1 aromatic heterocycles. The number of ether oxygens (including phenoxy) is 1. The van der Waals surface area contributed by atoms with Crippen molar-refractivity contribution in [3.8, 4) is 0 Å². The van der Waals surface area contributed by atoms with Crippen molar-refractivity contribution in [2.24, 2.45) is 0 Å². The topological polar surface area (TPSA) is 108 Å². The van der Waals surface area contributed by atoms with Gasteiger partial charge in [0.05, 0.1) is 30.0 Å². The third-order valence-electron chi connectivity index (χ3n) is 5.51. The SMILES string of the molecule is CCOC(=O)c1ccc(NC(=O)C[C@@H]2C(=O)N(Cc3ccccc3)C(=S)N2NC(=O)c2cccs2)cc1. The molecule has 0 saturated carbocycles. The lowest BCUT2D eigenvalue weighted by molar-refractivity contribution is -0.131. The maximum Gasteiger partial charge on any atom is 0.338 e. The number of benzene rings is 2. The molecule has 0 bridgehead atoms. The molecule has 3 aromatic rings. The molecule has 0 aliphatic carbocycles. The van der Waals surface area contributed by atoms with E-state index in [2.05, 4.69) is 10.7 Å². The average Bonchev–Trinajstić information content (AvgIpc) is 3.51. The van der Waals surface area contributed by atoms with Crippen molar-refractivity contribution < 1.29 is 23.9 Å². The monoisotopic (exact) mass is 536 g/mol. The first-order valence-electron chi connectivity index (χ1n) is 11.5. The molecule has 1 aliphatic heterocycles. The molecule has 2 aromatic carbocycles. The molecule has 4 rings (SSSR count). The highest BCUT2D eigenvalue weighted by atomic mass is 32.1.